The monoisotopic (exact) mass is 402 g/mol. The van der Waals surface area contributed by atoms with Crippen LogP contribution in [0.1, 0.15) is 111 Å². The zero-order valence-electron chi connectivity index (χ0n) is 19.6. The van der Waals surface area contributed by atoms with E-state index in [9.17, 15) is 10.2 Å². The second-order valence-corrected chi connectivity index (χ2v) is 12.0. The predicted octanol–water partition coefficient (Wildman–Crippen LogP) is 6.65. The Morgan fingerprint density at radius 3 is 2.59 bits per heavy atom. The fourth-order valence-corrected chi connectivity index (χ4v) is 8.75. The lowest BCUT2D eigenvalue weighted by atomic mass is 9.46. The Bertz CT molecular complexity index is 622. The summed E-state index contributed by atoms with van der Waals surface area (Å²) in [6, 6.07) is 0. The fourth-order valence-electron chi connectivity index (χ4n) is 8.75. The Kier molecular flexibility index (Phi) is 6.01. The Labute approximate surface area is 179 Å². The molecule has 0 unspecified atom stereocenters. The van der Waals surface area contributed by atoms with Gasteiger partial charge in [0.15, 0.2) is 0 Å². The summed E-state index contributed by atoms with van der Waals surface area (Å²) in [7, 11) is 0. The van der Waals surface area contributed by atoms with Crippen molar-refractivity contribution in [3.05, 3.63) is 11.6 Å². The van der Waals surface area contributed by atoms with Crippen molar-refractivity contribution in [2.24, 2.45) is 34.5 Å². The Hall–Kier alpha value is -0.340. The molecule has 0 radical (unpaired) electrons. The summed E-state index contributed by atoms with van der Waals surface area (Å²) in [5.74, 6) is 2.82. The molecule has 0 bridgehead atoms. The van der Waals surface area contributed by atoms with Gasteiger partial charge in [-0.2, -0.15) is 0 Å². The van der Waals surface area contributed by atoms with Gasteiger partial charge in [-0.05, 0) is 99.2 Å². The summed E-state index contributed by atoms with van der Waals surface area (Å²) >= 11 is 0. The zero-order chi connectivity index (χ0) is 20.9. The second-order valence-electron chi connectivity index (χ2n) is 12.0. The molecule has 4 aliphatic carbocycles. The highest BCUT2D eigenvalue weighted by molar-refractivity contribution is 5.25. The van der Waals surface area contributed by atoms with Crippen LogP contribution in [0.15, 0.2) is 11.6 Å². The van der Waals surface area contributed by atoms with Crippen molar-refractivity contribution < 1.29 is 10.2 Å². The van der Waals surface area contributed by atoms with Crippen LogP contribution in [0.3, 0.4) is 0 Å². The van der Waals surface area contributed by atoms with E-state index < -0.39 is 5.60 Å². The van der Waals surface area contributed by atoms with E-state index >= 15 is 0 Å². The van der Waals surface area contributed by atoms with Crippen LogP contribution in [0, 0.1) is 34.5 Å². The SMILES string of the molecule is CCCCCC[C@](C)(O)[C@H]1CC[C@H]2[C@@H]3CC=C4C[C@@H](O)CC[C@]4(C)[C@H]3CC[C@@]21C. The van der Waals surface area contributed by atoms with E-state index in [4.69, 9.17) is 0 Å². The van der Waals surface area contributed by atoms with Gasteiger partial charge in [-0.1, -0.05) is 58.1 Å². The maximum absolute atomic E-state index is 11.5. The van der Waals surface area contributed by atoms with Crippen molar-refractivity contribution in [2.45, 2.75) is 123 Å². The van der Waals surface area contributed by atoms with Gasteiger partial charge in [-0.3, -0.25) is 0 Å². The van der Waals surface area contributed by atoms with Crippen LogP contribution >= 0.6 is 0 Å². The van der Waals surface area contributed by atoms with E-state index in [1.165, 1.54) is 64.2 Å². The molecule has 0 aromatic heterocycles. The number of aliphatic hydroxyl groups excluding tert-OH is 1. The highest BCUT2D eigenvalue weighted by Crippen LogP contribution is 2.67. The molecular weight excluding hydrogens is 356 g/mol. The Morgan fingerprint density at radius 2 is 1.83 bits per heavy atom. The molecule has 8 atom stereocenters. The van der Waals surface area contributed by atoms with Crippen molar-refractivity contribution >= 4 is 0 Å². The molecule has 4 aliphatic rings. The van der Waals surface area contributed by atoms with Crippen molar-refractivity contribution in [3.63, 3.8) is 0 Å². The van der Waals surface area contributed by atoms with E-state index in [2.05, 4.69) is 33.8 Å². The third-order valence-corrected chi connectivity index (χ3v) is 10.4. The number of unbranched alkanes of at least 4 members (excludes halogenated alkanes) is 3. The van der Waals surface area contributed by atoms with Gasteiger partial charge in [0, 0.05) is 0 Å². The maximum Gasteiger partial charge on any atom is 0.0653 e. The first-order valence-electron chi connectivity index (χ1n) is 12.8. The molecule has 3 fully saturated rings. The standard InChI is InChI=1S/C27H46O2/c1-5-6-7-8-15-27(4,29)24-12-11-22-21-10-9-19-18-20(28)13-16-25(19,2)23(21)14-17-26(22,24)3/h9,20-24,28-29H,5-8,10-18H2,1-4H3/t20-,21-,22-,23-,24-,25-,26-,27-/m0/s1. The van der Waals surface area contributed by atoms with E-state index in [1.807, 2.05) is 0 Å². The molecule has 0 heterocycles. The van der Waals surface area contributed by atoms with E-state index in [1.54, 1.807) is 5.57 Å². The minimum Gasteiger partial charge on any atom is -0.393 e. The number of allylic oxidation sites excluding steroid dienone is 1. The van der Waals surface area contributed by atoms with Crippen LogP contribution in [0.25, 0.3) is 0 Å². The third kappa shape index (κ3) is 3.65. The molecule has 0 saturated heterocycles. The second kappa shape index (κ2) is 7.97. The lowest BCUT2D eigenvalue weighted by Crippen LogP contribution is -2.53. The third-order valence-electron chi connectivity index (χ3n) is 10.4. The first-order chi connectivity index (χ1) is 13.7. The Balaban J connectivity index is 1.51. The number of aliphatic hydroxyl groups is 2. The van der Waals surface area contributed by atoms with Gasteiger partial charge in [-0.15, -0.1) is 0 Å². The molecule has 2 heteroatoms. The molecule has 0 amide bonds. The Morgan fingerprint density at radius 1 is 1.03 bits per heavy atom. The lowest BCUT2D eigenvalue weighted by molar-refractivity contribution is -0.105. The van der Waals surface area contributed by atoms with Crippen molar-refractivity contribution in [1.29, 1.82) is 0 Å². The summed E-state index contributed by atoms with van der Waals surface area (Å²) in [4.78, 5) is 0. The van der Waals surface area contributed by atoms with Crippen LogP contribution in [0.2, 0.25) is 0 Å². The van der Waals surface area contributed by atoms with E-state index in [-0.39, 0.29) is 6.10 Å². The smallest absolute Gasteiger partial charge is 0.0653 e. The average molecular weight is 403 g/mol. The quantitative estimate of drug-likeness (QED) is 0.386. The van der Waals surface area contributed by atoms with Crippen LogP contribution in [0.4, 0.5) is 0 Å². The van der Waals surface area contributed by atoms with Gasteiger partial charge in [0.1, 0.15) is 0 Å². The van der Waals surface area contributed by atoms with Crippen LogP contribution in [0.5, 0.6) is 0 Å². The summed E-state index contributed by atoms with van der Waals surface area (Å²) in [6.07, 6.45) is 17.8. The lowest BCUT2D eigenvalue weighted by Gasteiger charge is -2.59. The van der Waals surface area contributed by atoms with Gasteiger partial charge in [-0.25, -0.2) is 0 Å². The van der Waals surface area contributed by atoms with Gasteiger partial charge in [0.25, 0.3) is 0 Å². The highest BCUT2D eigenvalue weighted by atomic mass is 16.3. The summed E-state index contributed by atoms with van der Waals surface area (Å²) in [5.41, 5.74) is 1.70. The molecule has 0 aromatic rings. The summed E-state index contributed by atoms with van der Waals surface area (Å²) < 4.78 is 0. The van der Waals surface area contributed by atoms with Gasteiger partial charge < -0.3 is 10.2 Å². The topological polar surface area (TPSA) is 40.5 Å². The van der Waals surface area contributed by atoms with Gasteiger partial charge in [0.2, 0.25) is 0 Å². The summed E-state index contributed by atoms with van der Waals surface area (Å²) in [5, 5.41) is 21.8. The average Bonchev–Trinajstić information content (AvgIpc) is 3.04. The minimum atomic E-state index is -0.501. The van der Waals surface area contributed by atoms with Crippen LogP contribution < -0.4 is 0 Å². The first-order valence-corrected chi connectivity index (χ1v) is 12.8. The molecule has 2 nitrogen and oxygen atoms in total. The first kappa shape index (κ1) is 21.9. The van der Waals surface area contributed by atoms with E-state index in [0.29, 0.717) is 16.7 Å². The normalized spacial score (nSPS) is 46.3. The van der Waals surface area contributed by atoms with Gasteiger partial charge >= 0.3 is 0 Å². The van der Waals surface area contributed by atoms with Crippen molar-refractivity contribution in [1.82, 2.24) is 0 Å². The molecular formula is C27H46O2. The van der Waals surface area contributed by atoms with Gasteiger partial charge in [0.05, 0.1) is 11.7 Å². The largest absolute Gasteiger partial charge is 0.393 e. The fraction of sp³-hybridized carbons (Fsp3) is 0.926. The molecule has 0 spiro atoms. The minimum absolute atomic E-state index is 0.113. The molecule has 29 heavy (non-hydrogen) atoms. The molecule has 0 aliphatic heterocycles. The number of rotatable bonds is 6. The number of hydrogen-bond acceptors (Lipinski definition) is 2. The zero-order valence-corrected chi connectivity index (χ0v) is 19.6. The van der Waals surface area contributed by atoms with Crippen LogP contribution in [-0.4, -0.2) is 21.9 Å². The predicted molar refractivity (Wildman–Crippen MR) is 121 cm³/mol. The highest BCUT2D eigenvalue weighted by Gasteiger charge is 2.61. The number of hydrogen-bond donors (Lipinski definition) is 2. The molecule has 4 rings (SSSR count). The number of fused-ring (bicyclic) bond motifs is 5. The summed E-state index contributed by atoms with van der Waals surface area (Å²) in [6.45, 7) is 9.47. The molecule has 2 N–H and O–H groups in total. The van der Waals surface area contributed by atoms with E-state index in [0.717, 1.165) is 37.0 Å². The maximum atomic E-state index is 11.5. The van der Waals surface area contributed by atoms with Crippen molar-refractivity contribution in [3.8, 4) is 0 Å². The molecule has 3 saturated carbocycles. The van der Waals surface area contributed by atoms with Crippen molar-refractivity contribution in [2.75, 3.05) is 0 Å². The molecule has 166 valence electrons. The molecule has 0 aromatic carbocycles. The van der Waals surface area contributed by atoms with Crippen LogP contribution in [-0.2, 0) is 0 Å².